The summed E-state index contributed by atoms with van der Waals surface area (Å²) in [5, 5.41) is 2.84. The van der Waals surface area contributed by atoms with Crippen LogP contribution in [0, 0.1) is 5.92 Å². The van der Waals surface area contributed by atoms with Gasteiger partial charge in [-0.15, -0.1) is 0 Å². The summed E-state index contributed by atoms with van der Waals surface area (Å²) in [4.78, 5) is 26.9. The van der Waals surface area contributed by atoms with Crippen LogP contribution < -0.4 is 5.32 Å². The van der Waals surface area contributed by atoms with Gasteiger partial charge in [0.2, 0.25) is 0 Å². The van der Waals surface area contributed by atoms with Gasteiger partial charge in [0.15, 0.2) is 0 Å². The van der Waals surface area contributed by atoms with Crippen molar-refractivity contribution in [1.29, 1.82) is 0 Å². The molecule has 0 aromatic carbocycles. The topological polar surface area (TPSA) is 61.9 Å². The fourth-order valence-electron chi connectivity index (χ4n) is 2.50. The predicted octanol–water partition coefficient (Wildman–Crippen LogP) is -0.495. The maximum Gasteiger partial charge on any atom is 0.317 e. The molecule has 6 nitrogen and oxygen atoms in total. The molecule has 0 aliphatic carbocycles. The first-order valence-corrected chi connectivity index (χ1v) is 5.96. The third kappa shape index (κ3) is 2.52. The summed E-state index contributed by atoms with van der Waals surface area (Å²) in [6.07, 6.45) is 0. The number of fused-ring (bicyclic) bond motifs is 1. The number of methoxy groups -OCH3 is 1. The van der Waals surface area contributed by atoms with E-state index in [1.807, 2.05) is 11.8 Å². The summed E-state index contributed by atoms with van der Waals surface area (Å²) in [5.74, 6) is -0.287. The van der Waals surface area contributed by atoms with Crippen molar-refractivity contribution in [3.05, 3.63) is 0 Å². The van der Waals surface area contributed by atoms with Crippen LogP contribution in [0.25, 0.3) is 0 Å². The van der Waals surface area contributed by atoms with Gasteiger partial charge in [-0.2, -0.15) is 0 Å². The van der Waals surface area contributed by atoms with Crippen LogP contribution in [0.2, 0.25) is 0 Å². The lowest BCUT2D eigenvalue weighted by molar-refractivity contribution is -0.145. The summed E-state index contributed by atoms with van der Waals surface area (Å²) >= 11 is 0. The minimum atomic E-state index is -0.173. The third-order valence-corrected chi connectivity index (χ3v) is 3.45. The Labute approximate surface area is 101 Å². The van der Waals surface area contributed by atoms with Crippen LogP contribution in [0.3, 0.4) is 0 Å². The van der Waals surface area contributed by atoms with E-state index in [4.69, 9.17) is 4.74 Å². The van der Waals surface area contributed by atoms with Gasteiger partial charge in [0.25, 0.3) is 0 Å². The molecule has 96 valence electrons. The summed E-state index contributed by atoms with van der Waals surface area (Å²) in [6.45, 7) is 5.68. The molecule has 6 heteroatoms. The average molecular weight is 241 g/mol. The number of nitrogens with zero attached hydrogens (tertiary/aromatic N) is 2. The Morgan fingerprint density at radius 2 is 2.35 bits per heavy atom. The monoisotopic (exact) mass is 241 g/mol. The largest absolute Gasteiger partial charge is 0.469 e. The molecular formula is C11H19N3O3. The molecule has 2 fully saturated rings. The van der Waals surface area contributed by atoms with Gasteiger partial charge in [-0.25, -0.2) is 4.79 Å². The number of nitrogens with one attached hydrogen (secondary N) is 1. The number of amides is 2. The second-order valence-electron chi connectivity index (χ2n) is 4.72. The van der Waals surface area contributed by atoms with Gasteiger partial charge >= 0.3 is 12.0 Å². The molecule has 2 saturated heterocycles. The first-order valence-electron chi connectivity index (χ1n) is 5.96. The van der Waals surface area contributed by atoms with Crippen LogP contribution in [0.4, 0.5) is 4.79 Å². The van der Waals surface area contributed by atoms with Gasteiger partial charge in [0.05, 0.1) is 19.1 Å². The maximum atomic E-state index is 11.4. The SMILES string of the molecule is COC(=O)C(C)CN1CCN2C(=O)NCC2C1. The number of esters is 1. The third-order valence-electron chi connectivity index (χ3n) is 3.45. The normalized spacial score (nSPS) is 26.4. The van der Waals surface area contributed by atoms with Crippen LogP contribution >= 0.6 is 0 Å². The smallest absolute Gasteiger partial charge is 0.317 e. The highest BCUT2D eigenvalue weighted by Crippen LogP contribution is 2.15. The number of hydrogen-bond donors (Lipinski definition) is 1. The Bertz CT molecular complexity index is 321. The van der Waals surface area contributed by atoms with Crippen molar-refractivity contribution in [1.82, 2.24) is 15.1 Å². The number of piperazine rings is 1. The summed E-state index contributed by atoms with van der Waals surface area (Å²) in [6, 6.07) is 0.289. The molecule has 0 bridgehead atoms. The molecule has 2 aliphatic rings. The van der Waals surface area contributed by atoms with Gasteiger partial charge in [-0.3, -0.25) is 9.69 Å². The molecule has 1 N–H and O–H groups in total. The van der Waals surface area contributed by atoms with E-state index < -0.39 is 0 Å². The molecule has 2 aliphatic heterocycles. The Kier molecular flexibility index (Phi) is 3.51. The standard InChI is InChI=1S/C11H19N3O3/c1-8(10(15)17-2)6-13-3-4-14-9(7-13)5-12-11(14)16/h8-9H,3-7H2,1-2H3,(H,12,16). The fourth-order valence-corrected chi connectivity index (χ4v) is 2.50. The minimum Gasteiger partial charge on any atom is -0.469 e. The fraction of sp³-hybridized carbons (Fsp3) is 0.818. The van der Waals surface area contributed by atoms with Gasteiger partial charge in [-0.05, 0) is 0 Å². The Hall–Kier alpha value is -1.30. The molecule has 2 heterocycles. The molecule has 17 heavy (non-hydrogen) atoms. The zero-order valence-corrected chi connectivity index (χ0v) is 10.3. The van der Waals surface area contributed by atoms with Crippen molar-refractivity contribution in [2.45, 2.75) is 13.0 Å². The van der Waals surface area contributed by atoms with Crippen molar-refractivity contribution >= 4 is 12.0 Å². The summed E-state index contributed by atoms with van der Waals surface area (Å²) in [5.41, 5.74) is 0. The quantitative estimate of drug-likeness (QED) is 0.677. The molecule has 0 aromatic heterocycles. The van der Waals surface area contributed by atoms with Crippen molar-refractivity contribution < 1.29 is 14.3 Å². The molecule has 0 aromatic rings. The first kappa shape index (κ1) is 12.2. The second kappa shape index (κ2) is 4.91. The van der Waals surface area contributed by atoms with Crippen molar-refractivity contribution in [2.75, 3.05) is 39.8 Å². The maximum absolute atomic E-state index is 11.4. The molecule has 0 radical (unpaired) electrons. The number of carbonyl (C=O) groups excluding carboxylic acids is 2. The van der Waals surface area contributed by atoms with E-state index in [1.54, 1.807) is 0 Å². The predicted molar refractivity (Wildman–Crippen MR) is 61.5 cm³/mol. The van der Waals surface area contributed by atoms with Gasteiger partial charge in [0, 0.05) is 32.7 Å². The number of ether oxygens (including phenoxy) is 1. The molecule has 2 atom stereocenters. The van der Waals surface area contributed by atoms with Crippen LogP contribution in [-0.4, -0.2) is 67.7 Å². The lowest BCUT2D eigenvalue weighted by Crippen LogP contribution is -2.53. The lowest BCUT2D eigenvalue weighted by Gasteiger charge is -2.37. The van der Waals surface area contributed by atoms with E-state index >= 15 is 0 Å². The molecule has 2 amide bonds. The van der Waals surface area contributed by atoms with E-state index in [9.17, 15) is 9.59 Å². The van der Waals surface area contributed by atoms with Crippen LogP contribution in [0.5, 0.6) is 0 Å². The van der Waals surface area contributed by atoms with E-state index in [2.05, 4.69) is 10.2 Å². The van der Waals surface area contributed by atoms with E-state index in [-0.39, 0.29) is 24.0 Å². The Morgan fingerprint density at radius 3 is 3.06 bits per heavy atom. The van der Waals surface area contributed by atoms with Gasteiger partial charge in [-0.1, -0.05) is 6.92 Å². The zero-order chi connectivity index (χ0) is 12.4. The number of urea groups is 1. The Morgan fingerprint density at radius 1 is 1.59 bits per heavy atom. The zero-order valence-electron chi connectivity index (χ0n) is 10.3. The molecule has 2 rings (SSSR count). The highest BCUT2D eigenvalue weighted by Gasteiger charge is 2.35. The van der Waals surface area contributed by atoms with E-state index in [0.29, 0.717) is 13.1 Å². The highest BCUT2D eigenvalue weighted by atomic mass is 16.5. The molecule has 0 spiro atoms. The number of rotatable bonds is 3. The van der Waals surface area contributed by atoms with E-state index in [1.165, 1.54) is 7.11 Å². The van der Waals surface area contributed by atoms with Crippen molar-refractivity contribution in [2.24, 2.45) is 5.92 Å². The van der Waals surface area contributed by atoms with Gasteiger partial charge < -0.3 is 15.0 Å². The van der Waals surface area contributed by atoms with Crippen LogP contribution in [-0.2, 0) is 9.53 Å². The van der Waals surface area contributed by atoms with E-state index in [0.717, 1.165) is 19.6 Å². The highest BCUT2D eigenvalue weighted by molar-refractivity contribution is 5.77. The first-order chi connectivity index (χ1) is 8.11. The van der Waals surface area contributed by atoms with Crippen LogP contribution in [0.15, 0.2) is 0 Å². The lowest BCUT2D eigenvalue weighted by atomic mass is 10.1. The number of carbonyl (C=O) groups is 2. The van der Waals surface area contributed by atoms with Crippen molar-refractivity contribution in [3.63, 3.8) is 0 Å². The molecular weight excluding hydrogens is 222 g/mol. The molecule has 0 saturated carbocycles. The minimum absolute atomic E-state index is 0.0377. The summed E-state index contributed by atoms with van der Waals surface area (Å²) in [7, 11) is 1.41. The number of hydrogen-bond acceptors (Lipinski definition) is 4. The summed E-state index contributed by atoms with van der Waals surface area (Å²) < 4.78 is 4.71. The van der Waals surface area contributed by atoms with Crippen LogP contribution in [0.1, 0.15) is 6.92 Å². The average Bonchev–Trinajstić information content (AvgIpc) is 2.69. The van der Waals surface area contributed by atoms with Crippen molar-refractivity contribution in [3.8, 4) is 0 Å². The molecule has 2 unspecified atom stereocenters. The van der Waals surface area contributed by atoms with Gasteiger partial charge in [0.1, 0.15) is 0 Å². The Balaban J connectivity index is 1.85. The second-order valence-corrected chi connectivity index (χ2v) is 4.72.